The number of hydrogen-bond donors (Lipinski definition) is 2. The quantitative estimate of drug-likeness (QED) is 0.820. The van der Waals surface area contributed by atoms with Gasteiger partial charge in [0.2, 0.25) is 0 Å². The highest BCUT2D eigenvalue weighted by atomic mass is 16.3. The van der Waals surface area contributed by atoms with Crippen molar-refractivity contribution < 1.29 is 5.11 Å². The average Bonchev–Trinajstić information content (AvgIpc) is 2.39. The fourth-order valence-electron chi connectivity index (χ4n) is 2.00. The molecule has 0 bridgehead atoms. The van der Waals surface area contributed by atoms with Crippen molar-refractivity contribution in [2.75, 3.05) is 13.2 Å². The van der Waals surface area contributed by atoms with Crippen molar-refractivity contribution in [3.63, 3.8) is 0 Å². The first-order valence-electron chi connectivity index (χ1n) is 6.45. The highest BCUT2D eigenvalue weighted by Crippen LogP contribution is 2.12. The molecule has 0 aliphatic heterocycles. The van der Waals surface area contributed by atoms with Gasteiger partial charge in [0, 0.05) is 24.7 Å². The number of aliphatic hydroxyl groups is 1. The molecule has 0 fully saturated rings. The van der Waals surface area contributed by atoms with Gasteiger partial charge < -0.3 is 10.4 Å². The second-order valence-electron chi connectivity index (χ2n) is 4.78. The van der Waals surface area contributed by atoms with E-state index >= 15 is 0 Å². The molecule has 0 aliphatic rings. The van der Waals surface area contributed by atoms with E-state index in [0.29, 0.717) is 5.92 Å². The molecule has 2 rings (SSSR count). The third-order valence-electron chi connectivity index (χ3n) is 3.09. The molecule has 0 saturated heterocycles. The van der Waals surface area contributed by atoms with Crippen LogP contribution in [0.2, 0.25) is 0 Å². The Hall–Kier alpha value is -1.45. The molecule has 0 amide bonds. The van der Waals surface area contributed by atoms with Gasteiger partial charge in [-0.15, -0.1) is 0 Å². The molecular weight excluding hydrogens is 224 g/mol. The number of nitrogens with zero attached hydrogens (tertiary/aromatic N) is 1. The Kier molecular flexibility index (Phi) is 4.67. The van der Waals surface area contributed by atoms with Gasteiger partial charge in [0.25, 0.3) is 0 Å². The molecule has 1 aromatic heterocycles. The molecule has 0 aliphatic carbocycles. The summed E-state index contributed by atoms with van der Waals surface area (Å²) < 4.78 is 0. The van der Waals surface area contributed by atoms with Crippen molar-refractivity contribution in [3.8, 4) is 0 Å². The van der Waals surface area contributed by atoms with Gasteiger partial charge in [-0.3, -0.25) is 4.98 Å². The van der Waals surface area contributed by atoms with E-state index in [9.17, 15) is 0 Å². The highest BCUT2D eigenvalue weighted by molar-refractivity contribution is 5.78. The van der Waals surface area contributed by atoms with Crippen molar-refractivity contribution in [2.24, 2.45) is 5.92 Å². The topological polar surface area (TPSA) is 45.1 Å². The number of aromatic nitrogens is 1. The molecule has 0 saturated carbocycles. The first-order chi connectivity index (χ1) is 8.79. The summed E-state index contributed by atoms with van der Waals surface area (Å²) in [7, 11) is 0. The maximum Gasteiger partial charge on any atom is 0.0702 e. The van der Waals surface area contributed by atoms with Crippen LogP contribution in [0, 0.1) is 5.92 Å². The molecule has 1 aromatic carbocycles. The van der Waals surface area contributed by atoms with E-state index in [0.717, 1.165) is 25.0 Å². The maximum atomic E-state index is 8.83. The molecule has 1 atom stereocenters. The van der Waals surface area contributed by atoms with Gasteiger partial charge in [0.15, 0.2) is 0 Å². The smallest absolute Gasteiger partial charge is 0.0702 e. The number of hydrogen-bond acceptors (Lipinski definition) is 3. The molecular formula is C15H20N2O. The summed E-state index contributed by atoms with van der Waals surface area (Å²) in [6, 6.07) is 10.3. The Balaban J connectivity index is 1.91. The van der Waals surface area contributed by atoms with Crippen LogP contribution in [0.4, 0.5) is 0 Å². The minimum absolute atomic E-state index is 0.264. The number of rotatable bonds is 6. The van der Waals surface area contributed by atoms with Crippen LogP contribution in [-0.4, -0.2) is 23.2 Å². The zero-order valence-electron chi connectivity index (χ0n) is 10.8. The van der Waals surface area contributed by atoms with E-state index in [4.69, 9.17) is 5.11 Å². The van der Waals surface area contributed by atoms with Crippen LogP contribution >= 0.6 is 0 Å². The lowest BCUT2D eigenvalue weighted by atomic mass is 10.1. The number of aliphatic hydroxyl groups excluding tert-OH is 1. The normalized spacial score (nSPS) is 12.8. The maximum absolute atomic E-state index is 8.83. The van der Waals surface area contributed by atoms with Crippen LogP contribution < -0.4 is 5.32 Å². The molecule has 1 heterocycles. The standard InChI is InChI=1S/C15H20N2O/c1-12(6-7-18)9-16-10-13-8-14-4-2-3-5-15(14)17-11-13/h2-5,8,11-12,16,18H,6-7,9-10H2,1H3. The van der Waals surface area contributed by atoms with Gasteiger partial charge in [0.1, 0.15) is 0 Å². The fraction of sp³-hybridized carbons (Fsp3) is 0.400. The van der Waals surface area contributed by atoms with E-state index in [1.165, 1.54) is 10.9 Å². The predicted octanol–water partition coefficient (Wildman–Crippen LogP) is 2.34. The molecule has 18 heavy (non-hydrogen) atoms. The van der Waals surface area contributed by atoms with E-state index in [-0.39, 0.29) is 6.61 Å². The molecule has 2 aromatic rings. The molecule has 3 nitrogen and oxygen atoms in total. The Morgan fingerprint density at radius 2 is 2.17 bits per heavy atom. The zero-order valence-corrected chi connectivity index (χ0v) is 10.8. The van der Waals surface area contributed by atoms with Crippen molar-refractivity contribution in [1.82, 2.24) is 10.3 Å². The minimum atomic E-state index is 0.264. The lowest BCUT2D eigenvalue weighted by Gasteiger charge is -2.11. The second-order valence-corrected chi connectivity index (χ2v) is 4.78. The van der Waals surface area contributed by atoms with Crippen LogP contribution in [0.5, 0.6) is 0 Å². The number of fused-ring (bicyclic) bond motifs is 1. The first-order valence-corrected chi connectivity index (χ1v) is 6.45. The molecule has 3 heteroatoms. The van der Waals surface area contributed by atoms with Gasteiger partial charge in [-0.05, 0) is 36.6 Å². The van der Waals surface area contributed by atoms with Crippen molar-refractivity contribution in [2.45, 2.75) is 19.9 Å². The summed E-state index contributed by atoms with van der Waals surface area (Å²) in [5.74, 6) is 0.503. The SMILES string of the molecule is CC(CCO)CNCc1cnc2ccccc2c1. The van der Waals surface area contributed by atoms with Gasteiger partial charge in [0.05, 0.1) is 5.52 Å². The summed E-state index contributed by atoms with van der Waals surface area (Å²) in [5.41, 5.74) is 2.24. The molecule has 0 spiro atoms. The number of nitrogens with one attached hydrogen (secondary N) is 1. The van der Waals surface area contributed by atoms with Crippen LogP contribution in [0.3, 0.4) is 0 Å². The van der Waals surface area contributed by atoms with Crippen molar-refractivity contribution in [3.05, 3.63) is 42.1 Å². The largest absolute Gasteiger partial charge is 0.396 e. The number of benzene rings is 1. The second kappa shape index (κ2) is 6.47. The molecule has 96 valence electrons. The summed E-state index contributed by atoms with van der Waals surface area (Å²) in [6.45, 7) is 4.16. The summed E-state index contributed by atoms with van der Waals surface area (Å²) in [6.07, 6.45) is 2.77. The lowest BCUT2D eigenvalue weighted by Crippen LogP contribution is -2.21. The van der Waals surface area contributed by atoms with Gasteiger partial charge in [-0.25, -0.2) is 0 Å². The highest BCUT2D eigenvalue weighted by Gasteiger charge is 2.01. The van der Waals surface area contributed by atoms with Crippen molar-refractivity contribution >= 4 is 10.9 Å². The van der Waals surface area contributed by atoms with Crippen LogP contribution in [0.25, 0.3) is 10.9 Å². The Bertz CT molecular complexity index is 499. The van der Waals surface area contributed by atoms with Crippen molar-refractivity contribution in [1.29, 1.82) is 0 Å². The summed E-state index contributed by atoms with van der Waals surface area (Å²) in [5, 5.41) is 13.4. The molecule has 1 unspecified atom stereocenters. The Morgan fingerprint density at radius 1 is 1.33 bits per heavy atom. The van der Waals surface area contributed by atoms with Crippen LogP contribution in [0.1, 0.15) is 18.9 Å². The Labute approximate surface area is 108 Å². The van der Waals surface area contributed by atoms with Gasteiger partial charge >= 0.3 is 0 Å². The number of pyridine rings is 1. The van der Waals surface area contributed by atoms with Crippen LogP contribution in [0.15, 0.2) is 36.5 Å². The first kappa shape index (κ1) is 13.0. The van der Waals surface area contributed by atoms with E-state index in [1.54, 1.807) is 0 Å². The zero-order chi connectivity index (χ0) is 12.8. The molecule has 2 N–H and O–H groups in total. The average molecular weight is 244 g/mol. The van der Waals surface area contributed by atoms with Crippen LogP contribution in [-0.2, 0) is 6.54 Å². The van der Waals surface area contributed by atoms with E-state index < -0.39 is 0 Å². The van der Waals surface area contributed by atoms with E-state index in [1.807, 2.05) is 24.4 Å². The monoisotopic (exact) mass is 244 g/mol. The summed E-state index contributed by atoms with van der Waals surface area (Å²) in [4.78, 5) is 4.44. The lowest BCUT2D eigenvalue weighted by molar-refractivity contribution is 0.260. The van der Waals surface area contributed by atoms with Gasteiger partial charge in [-0.1, -0.05) is 25.1 Å². The third-order valence-corrected chi connectivity index (χ3v) is 3.09. The Morgan fingerprint density at radius 3 is 3.00 bits per heavy atom. The molecule has 0 radical (unpaired) electrons. The van der Waals surface area contributed by atoms with E-state index in [2.05, 4.69) is 29.4 Å². The minimum Gasteiger partial charge on any atom is -0.396 e. The number of para-hydroxylation sites is 1. The summed E-state index contributed by atoms with van der Waals surface area (Å²) >= 11 is 0. The predicted molar refractivity (Wildman–Crippen MR) is 74.3 cm³/mol. The van der Waals surface area contributed by atoms with Gasteiger partial charge in [-0.2, -0.15) is 0 Å². The fourth-order valence-corrected chi connectivity index (χ4v) is 2.00. The third kappa shape index (κ3) is 3.52.